The summed E-state index contributed by atoms with van der Waals surface area (Å²) >= 11 is 2.14. The van der Waals surface area contributed by atoms with E-state index in [1.54, 1.807) is 0 Å². The van der Waals surface area contributed by atoms with Crippen LogP contribution in [0.1, 0.15) is 31.7 Å². The van der Waals surface area contributed by atoms with E-state index in [0.29, 0.717) is 17.9 Å². The van der Waals surface area contributed by atoms with Gasteiger partial charge in [-0.1, -0.05) is 0 Å². The molecule has 19 heavy (non-hydrogen) atoms. The Bertz CT molecular complexity index is 625. The zero-order valence-corrected chi connectivity index (χ0v) is 12.3. The van der Waals surface area contributed by atoms with Crippen LogP contribution in [0.4, 0.5) is 14.6 Å². The number of aromatic nitrogens is 3. The molecular formula is C12H13F2IN4. The normalized spacial score (nSPS) is 22.8. The molecule has 0 aliphatic heterocycles. The number of nitrogens with two attached hydrogens (primary N) is 1. The van der Waals surface area contributed by atoms with Gasteiger partial charge in [0.05, 0.1) is 5.39 Å². The highest BCUT2D eigenvalue weighted by atomic mass is 127. The van der Waals surface area contributed by atoms with Crippen molar-refractivity contribution >= 4 is 39.4 Å². The number of rotatable bonds is 1. The van der Waals surface area contributed by atoms with E-state index in [-0.39, 0.29) is 18.9 Å². The first-order valence-corrected chi connectivity index (χ1v) is 7.20. The number of alkyl halides is 2. The van der Waals surface area contributed by atoms with Crippen LogP contribution in [-0.4, -0.2) is 20.5 Å². The van der Waals surface area contributed by atoms with Crippen LogP contribution in [0.2, 0.25) is 0 Å². The van der Waals surface area contributed by atoms with Crippen molar-refractivity contribution in [2.75, 3.05) is 5.73 Å². The molecule has 0 saturated heterocycles. The molecule has 0 radical (unpaired) electrons. The predicted octanol–water partition coefficient (Wildman–Crippen LogP) is 3.37. The second-order valence-electron chi connectivity index (χ2n) is 4.95. The lowest BCUT2D eigenvalue weighted by Crippen LogP contribution is -2.27. The molecule has 2 aromatic heterocycles. The molecule has 7 heteroatoms. The van der Waals surface area contributed by atoms with Gasteiger partial charge in [-0.25, -0.2) is 18.7 Å². The minimum atomic E-state index is -2.58. The molecule has 2 aromatic rings. The van der Waals surface area contributed by atoms with Crippen LogP contribution in [0, 0.1) is 3.57 Å². The topological polar surface area (TPSA) is 56.7 Å². The Morgan fingerprint density at radius 3 is 2.95 bits per heavy atom. The summed E-state index contributed by atoms with van der Waals surface area (Å²) < 4.78 is 29.8. The van der Waals surface area contributed by atoms with Crippen molar-refractivity contribution in [2.24, 2.45) is 0 Å². The van der Waals surface area contributed by atoms with Gasteiger partial charge in [0.2, 0.25) is 5.92 Å². The lowest BCUT2D eigenvalue weighted by atomic mass is 9.92. The fourth-order valence-corrected chi connectivity index (χ4v) is 3.54. The lowest BCUT2D eigenvalue weighted by Gasteiger charge is -2.30. The molecule has 0 spiro atoms. The highest BCUT2D eigenvalue weighted by Crippen LogP contribution is 2.41. The molecule has 0 amide bonds. The van der Waals surface area contributed by atoms with Gasteiger partial charge in [0.25, 0.3) is 0 Å². The zero-order chi connectivity index (χ0) is 13.6. The van der Waals surface area contributed by atoms with Gasteiger partial charge in [-0.2, -0.15) is 0 Å². The van der Waals surface area contributed by atoms with Crippen LogP contribution >= 0.6 is 22.6 Å². The van der Waals surface area contributed by atoms with Crippen LogP contribution < -0.4 is 5.73 Å². The first-order valence-electron chi connectivity index (χ1n) is 6.12. The monoisotopic (exact) mass is 378 g/mol. The summed E-state index contributed by atoms with van der Waals surface area (Å²) in [4.78, 5) is 8.16. The maximum Gasteiger partial charge on any atom is 0.250 e. The first kappa shape index (κ1) is 13.0. The van der Waals surface area contributed by atoms with Crippen molar-refractivity contribution in [1.29, 1.82) is 0 Å². The van der Waals surface area contributed by atoms with Gasteiger partial charge in [-0.05, 0) is 35.4 Å². The molecule has 2 N–H and O–H groups in total. The van der Waals surface area contributed by atoms with Crippen molar-refractivity contribution in [3.05, 3.63) is 16.1 Å². The van der Waals surface area contributed by atoms with Crippen LogP contribution in [0.5, 0.6) is 0 Å². The summed E-state index contributed by atoms with van der Waals surface area (Å²) in [5.41, 5.74) is 6.49. The average Bonchev–Trinajstić information content (AvgIpc) is 2.67. The van der Waals surface area contributed by atoms with E-state index in [1.807, 2.05) is 10.8 Å². The maximum atomic E-state index is 13.6. The molecule has 102 valence electrons. The fourth-order valence-electron chi connectivity index (χ4n) is 2.72. The molecule has 3 rings (SSSR count). The number of nitrogens with zero attached hydrogens (tertiary/aromatic N) is 3. The highest BCUT2D eigenvalue weighted by molar-refractivity contribution is 14.1. The van der Waals surface area contributed by atoms with Crippen LogP contribution in [0.25, 0.3) is 11.0 Å². The number of hydrogen-bond donors (Lipinski definition) is 1. The third-order valence-electron chi connectivity index (χ3n) is 3.60. The molecule has 1 aliphatic carbocycles. The molecule has 1 atom stereocenters. The molecule has 1 unspecified atom stereocenters. The Labute approximate surface area is 122 Å². The summed E-state index contributed by atoms with van der Waals surface area (Å²) in [5, 5.41) is 0.761. The summed E-state index contributed by atoms with van der Waals surface area (Å²) in [6.45, 7) is 0. The minimum absolute atomic E-state index is 0.0169. The van der Waals surface area contributed by atoms with E-state index in [2.05, 4.69) is 32.6 Å². The molecule has 0 bridgehead atoms. The van der Waals surface area contributed by atoms with Crippen LogP contribution in [0.15, 0.2) is 12.5 Å². The minimum Gasteiger partial charge on any atom is -0.383 e. The molecular weight excluding hydrogens is 365 g/mol. The van der Waals surface area contributed by atoms with Gasteiger partial charge in [0, 0.05) is 28.7 Å². The lowest BCUT2D eigenvalue weighted by molar-refractivity contribution is -0.0490. The van der Waals surface area contributed by atoms with E-state index in [9.17, 15) is 8.78 Å². The van der Waals surface area contributed by atoms with Crippen LogP contribution in [0.3, 0.4) is 0 Å². The Morgan fingerprint density at radius 1 is 1.42 bits per heavy atom. The van der Waals surface area contributed by atoms with E-state index < -0.39 is 5.92 Å². The van der Waals surface area contributed by atoms with Crippen molar-refractivity contribution in [3.63, 3.8) is 0 Å². The highest BCUT2D eigenvalue weighted by Gasteiger charge is 2.37. The van der Waals surface area contributed by atoms with Gasteiger partial charge >= 0.3 is 0 Å². The molecule has 1 aliphatic rings. The molecule has 1 saturated carbocycles. The zero-order valence-electron chi connectivity index (χ0n) is 10.1. The van der Waals surface area contributed by atoms with Crippen LogP contribution in [-0.2, 0) is 0 Å². The van der Waals surface area contributed by atoms with Crippen molar-refractivity contribution < 1.29 is 8.78 Å². The van der Waals surface area contributed by atoms with E-state index in [4.69, 9.17) is 5.73 Å². The van der Waals surface area contributed by atoms with Gasteiger partial charge < -0.3 is 10.3 Å². The van der Waals surface area contributed by atoms with E-state index in [0.717, 1.165) is 15.4 Å². The van der Waals surface area contributed by atoms with Gasteiger partial charge in [-0.3, -0.25) is 0 Å². The second kappa shape index (κ2) is 4.53. The fraction of sp³-hybridized carbons (Fsp3) is 0.500. The number of hydrogen-bond acceptors (Lipinski definition) is 3. The Kier molecular flexibility index (Phi) is 3.11. The summed E-state index contributed by atoms with van der Waals surface area (Å²) in [5.74, 6) is -2.18. The van der Waals surface area contributed by atoms with Gasteiger partial charge in [-0.15, -0.1) is 0 Å². The Balaban J connectivity index is 2.08. The van der Waals surface area contributed by atoms with E-state index >= 15 is 0 Å². The molecule has 1 fully saturated rings. The number of fused-ring (bicyclic) bond motifs is 1. The SMILES string of the molecule is Nc1ncnc2c1c(I)cn2C1CCCC(F)(F)C1. The predicted molar refractivity (Wildman–Crippen MR) is 77.1 cm³/mol. The van der Waals surface area contributed by atoms with Crippen molar-refractivity contribution in [1.82, 2.24) is 14.5 Å². The van der Waals surface area contributed by atoms with E-state index in [1.165, 1.54) is 6.33 Å². The Morgan fingerprint density at radius 2 is 2.21 bits per heavy atom. The number of halogens is 3. The van der Waals surface area contributed by atoms with Gasteiger partial charge in [0.15, 0.2) is 0 Å². The second-order valence-corrected chi connectivity index (χ2v) is 6.11. The third-order valence-corrected chi connectivity index (χ3v) is 4.42. The quantitative estimate of drug-likeness (QED) is 0.775. The van der Waals surface area contributed by atoms with Gasteiger partial charge in [0.1, 0.15) is 17.8 Å². The summed E-state index contributed by atoms with van der Waals surface area (Å²) in [6.07, 6.45) is 4.37. The number of nitrogen functional groups attached to an aromatic ring is 1. The standard InChI is InChI=1S/C12H13F2IN4/c13-12(14)3-1-2-7(4-12)19-5-8(15)9-10(16)17-6-18-11(9)19/h5-7H,1-4H2,(H2,16,17,18). The molecule has 0 aromatic carbocycles. The number of anilines is 1. The van der Waals surface area contributed by atoms with Crippen molar-refractivity contribution in [2.45, 2.75) is 37.6 Å². The maximum absolute atomic E-state index is 13.6. The van der Waals surface area contributed by atoms with Crippen molar-refractivity contribution in [3.8, 4) is 0 Å². The molecule has 2 heterocycles. The average molecular weight is 378 g/mol. The third kappa shape index (κ3) is 2.28. The largest absolute Gasteiger partial charge is 0.383 e. The molecule has 4 nitrogen and oxygen atoms in total. The smallest absolute Gasteiger partial charge is 0.250 e. The first-order chi connectivity index (χ1) is 8.98. The Hall–Kier alpha value is -0.990. The summed E-state index contributed by atoms with van der Waals surface area (Å²) in [7, 11) is 0. The summed E-state index contributed by atoms with van der Waals surface area (Å²) in [6, 6.07) is -0.218.